The first-order chi connectivity index (χ1) is 13.6. The van der Waals surface area contributed by atoms with Crippen molar-refractivity contribution < 1.29 is 9.34 Å². The van der Waals surface area contributed by atoms with Gasteiger partial charge < -0.3 is 4.42 Å². The van der Waals surface area contributed by atoms with Gasteiger partial charge in [-0.2, -0.15) is 5.10 Å². The molecular formula is C20H13ClN4O3. The van der Waals surface area contributed by atoms with Crippen LogP contribution in [0.15, 0.2) is 76.2 Å². The molecule has 4 rings (SSSR count). The van der Waals surface area contributed by atoms with E-state index in [0.29, 0.717) is 10.8 Å². The van der Waals surface area contributed by atoms with Crippen LogP contribution in [0.4, 0.5) is 11.7 Å². The van der Waals surface area contributed by atoms with E-state index >= 15 is 0 Å². The number of rotatable bonds is 5. The number of pyridine rings is 1. The van der Waals surface area contributed by atoms with Crippen LogP contribution in [0.3, 0.4) is 0 Å². The topological polar surface area (TPSA) is 93.6 Å². The summed E-state index contributed by atoms with van der Waals surface area (Å²) in [6, 6.07) is 20.0. The van der Waals surface area contributed by atoms with Crippen LogP contribution in [0.25, 0.3) is 22.0 Å². The van der Waals surface area contributed by atoms with Gasteiger partial charge in [-0.3, -0.25) is 15.5 Å². The van der Waals surface area contributed by atoms with Gasteiger partial charge in [0.05, 0.1) is 17.8 Å². The van der Waals surface area contributed by atoms with E-state index < -0.39 is 4.92 Å². The minimum Gasteiger partial charge on any atom is -0.400 e. The Bertz CT molecular complexity index is 1190. The fraction of sp³-hybridized carbons (Fsp3) is 0. The van der Waals surface area contributed by atoms with E-state index in [9.17, 15) is 10.1 Å². The van der Waals surface area contributed by atoms with Crippen molar-refractivity contribution in [2.45, 2.75) is 0 Å². The molecule has 0 spiro atoms. The lowest BCUT2D eigenvalue weighted by atomic mass is 10.0. The lowest BCUT2D eigenvalue weighted by Gasteiger charge is -2.10. The Morgan fingerprint density at radius 3 is 2.68 bits per heavy atom. The smallest absolute Gasteiger partial charge is 0.400 e. The van der Waals surface area contributed by atoms with Gasteiger partial charge in [0.15, 0.2) is 5.76 Å². The lowest BCUT2D eigenvalue weighted by Crippen LogP contribution is -1.95. The lowest BCUT2D eigenvalue weighted by molar-refractivity contribution is -0.402. The number of hydrazone groups is 1. The molecule has 4 aromatic rings. The molecule has 0 aliphatic heterocycles. The molecule has 1 N–H and O–H groups in total. The molecule has 0 aliphatic carbocycles. The number of benzene rings is 2. The number of furan rings is 1. The molecule has 2 aromatic heterocycles. The Morgan fingerprint density at radius 1 is 1.11 bits per heavy atom. The zero-order valence-corrected chi connectivity index (χ0v) is 15.1. The second-order valence-electron chi connectivity index (χ2n) is 5.89. The zero-order valence-electron chi connectivity index (χ0n) is 14.4. The van der Waals surface area contributed by atoms with Crippen LogP contribution in [-0.2, 0) is 0 Å². The molecule has 28 heavy (non-hydrogen) atoms. The van der Waals surface area contributed by atoms with Gasteiger partial charge in [0.1, 0.15) is 10.7 Å². The molecule has 8 heteroatoms. The second kappa shape index (κ2) is 7.50. The number of nitrogens with one attached hydrogen (secondary N) is 1. The molecule has 0 aliphatic rings. The van der Waals surface area contributed by atoms with Gasteiger partial charge in [-0.05, 0) is 41.5 Å². The number of nitrogens with zero attached hydrogens (tertiary/aromatic N) is 3. The summed E-state index contributed by atoms with van der Waals surface area (Å²) in [6.45, 7) is 0. The fourth-order valence-corrected chi connectivity index (χ4v) is 2.96. The van der Waals surface area contributed by atoms with Crippen LogP contribution in [0.2, 0.25) is 5.02 Å². The molecule has 0 unspecified atom stereocenters. The summed E-state index contributed by atoms with van der Waals surface area (Å²) in [5.74, 6) is 0.439. The number of anilines is 1. The van der Waals surface area contributed by atoms with Gasteiger partial charge in [-0.15, -0.1) is 0 Å². The van der Waals surface area contributed by atoms with E-state index in [2.05, 4.69) is 15.5 Å². The quantitative estimate of drug-likeness (QED) is 0.275. The summed E-state index contributed by atoms with van der Waals surface area (Å²) in [4.78, 5) is 14.6. The van der Waals surface area contributed by atoms with Crippen molar-refractivity contribution in [3.05, 3.63) is 87.6 Å². The molecule has 7 nitrogen and oxygen atoms in total. The Morgan fingerprint density at radius 2 is 1.93 bits per heavy atom. The van der Waals surface area contributed by atoms with Gasteiger partial charge in [0, 0.05) is 10.4 Å². The van der Waals surface area contributed by atoms with Gasteiger partial charge in [-0.1, -0.05) is 41.9 Å². The molecule has 138 valence electrons. The second-order valence-corrected chi connectivity index (χ2v) is 6.32. The fourth-order valence-electron chi connectivity index (χ4n) is 2.78. The molecular weight excluding hydrogens is 380 g/mol. The summed E-state index contributed by atoms with van der Waals surface area (Å²) in [5.41, 5.74) is 5.58. The Balaban J connectivity index is 1.68. The summed E-state index contributed by atoms with van der Waals surface area (Å²) in [5, 5.41) is 16.3. The van der Waals surface area contributed by atoms with Gasteiger partial charge in [0.2, 0.25) is 0 Å². The summed E-state index contributed by atoms with van der Waals surface area (Å²) < 4.78 is 5.04. The van der Waals surface area contributed by atoms with E-state index in [0.717, 1.165) is 22.0 Å². The minimum absolute atomic E-state index is 0.259. The average Bonchev–Trinajstić information content (AvgIpc) is 3.18. The van der Waals surface area contributed by atoms with Crippen LogP contribution in [0.5, 0.6) is 0 Å². The van der Waals surface area contributed by atoms with Crippen LogP contribution in [-0.4, -0.2) is 16.1 Å². The van der Waals surface area contributed by atoms with E-state index in [-0.39, 0.29) is 11.6 Å². The first-order valence-corrected chi connectivity index (χ1v) is 8.67. The van der Waals surface area contributed by atoms with E-state index in [1.807, 2.05) is 48.5 Å². The molecule has 2 aromatic carbocycles. The van der Waals surface area contributed by atoms with Crippen molar-refractivity contribution in [2.75, 3.05) is 5.43 Å². The number of hydrogen-bond acceptors (Lipinski definition) is 6. The highest BCUT2D eigenvalue weighted by Crippen LogP contribution is 2.31. The first-order valence-electron chi connectivity index (χ1n) is 8.29. The minimum atomic E-state index is -0.604. The summed E-state index contributed by atoms with van der Waals surface area (Å²) in [6.07, 6.45) is 1.35. The standard InChI is InChI=1S/C20H13ClN4O3/c21-14-6-8-18-17(10-14)16(13-4-2-1-3-5-13)11-19(23-18)24-22-12-15-7-9-20(28-15)25(26)27/h1-12H,(H,23,24)/b22-12+. The van der Waals surface area contributed by atoms with Crippen molar-refractivity contribution in [2.24, 2.45) is 5.10 Å². The van der Waals surface area contributed by atoms with Crippen molar-refractivity contribution >= 4 is 40.4 Å². The molecule has 0 bridgehead atoms. The van der Waals surface area contributed by atoms with E-state index in [1.54, 1.807) is 6.07 Å². The molecule has 0 amide bonds. The third-order valence-electron chi connectivity index (χ3n) is 4.02. The van der Waals surface area contributed by atoms with Crippen molar-refractivity contribution in [3.8, 4) is 11.1 Å². The third kappa shape index (κ3) is 3.70. The number of aromatic nitrogens is 1. The van der Waals surface area contributed by atoms with Crippen LogP contribution < -0.4 is 5.43 Å². The van der Waals surface area contributed by atoms with Crippen LogP contribution >= 0.6 is 11.6 Å². The predicted octanol–water partition coefficient (Wildman–Crippen LogP) is 5.50. The average molecular weight is 393 g/mol. The highest BCUT2D eigenvalue weighted by atomic mass is 35.5. The zero-order chi connectivity index (χ0) is 19.5. The highest BCUT2D eigenvalue weighted by molar-refractivity contribution is 6.31. The number of fused-ring (bicyclic) bond motifs is 1. The first kappa shape index (κ1) is 17.7. The van der Waals surface area contributed by atoms with Crippen molar-refractivity contribution in [1.29, 1.82) is 0 Å². The normalized spacial score (nSPS) is 11.2. The Kier molecular flexibility index (Phi) is 4.74. The number of hydrogen-bond donors (Lipinski definition) is 1. The molecule has 0 radical (unpaired) electrons. The maximum atomic E-state index is 10.7. The van der Waals surface area contributed by atoms with Gasteiger partial charge in [0.25, 0.3) is 0 Å². The van der Waals surface area contributed by atoms with Crippen LogP contribution in [0.1, 0.15) is 5.76 Å². The van der Waals surface area contributed by atoms with E-state index in [1.165, 1.54) is 18.3 Å². The monoisotopic (exact) mass is 392 g/mol. The number of nitro groups is 1. The van der Waals surface area contributed by atoms with Crippen molar-refractivity contribution in [1.82, 2.24) is 4.98 Å². The molecule has 0 saturated carbocycles. The maximum Gasteiger partial charge on any atom is 0.433 e. The largest absolute Gasteiger partial charge is 0.433 e. The molecule has 0 fully saturated rings. The maximum absolute atomic E-state index is 10.7. The van der Waals surface area contributed by atoms with Gasteiger partial charge in [-0.25, -0.2) is 4.98 Å². The number of halogens is 1. The molecule has 0 saturated heterocycles. The predicted molar refractivity (Wildman–Crippen MR) is 109 cm³/mol. The summed E-state index contributed by atoms with van der Waals surface area (Å²) >= 11 is 6.17. The summed E-state index contributed by atoms with van der Waals surface area (Å²) in [7, 11) is 0. The third-order valence-corrected chi connectivity index (χ3v) is 4.25. The van der Waals surface area contributed by atoms with Crippen LogP contribution in [0, 0.1) is 10.1 Å². The highest BCUT2D eigenvalue weighted by Gasteiger charge is 2.11. The Labute approximate surface area is 164 Å². The van der Waals surface area contributed by atoms with Crippen molar-refractivity contribution in [3.63, 3.8) is 0 Å². The van der Waals surface area contributed by atoms with Gasteiger partial charge >= 0.3 is 5.88 Å². The Hall–Kier alpha value is -3.71. The molecule has 0 atom stereocenters. The molecule has 2 heterocycles. The van der Waals surface area contributed by atoms with E-state index in [4.69, 9.17) is 16.0 Å². The SMILES string of the molecule is O=[N+]([O-])c1ccc(/C=N/Nc2cc(-c3ccccc3)c3cc(Cl)ccc3n2)o1.